The fourth-order valence-electron chi connectivity index (χ4n) is 1.91. The number of anilines is 2. The Kier molecular flexibility index (Phi) is 5.88. The quantitative estimate of drug-likeness (QED) is 0.663. The van der Waals surface area contributed by atoms with E-state index in [1.807, 2.05) is 0 Å². The molecule has 1 aromatic carbocycles. The molecule has 2 heteroatoms. The zero-order chi connectivity index (χ0) is 12.7. The predicted molar refractivity (Wildman–Crippen MR) is 78.2 cm³/mol. The van der Waals surface area contributed by atoms with Crippen LogP contribution < -0.4 is 9.80 Å². The van der Waals surface area contributed by atoms with Gasteiger partial charge in [-0.05, 0) is 30.7 Å². The van der Waals surface area contributed by atoms with Gasteiger partial charge in [0.15, 0.2) is 0 Å². The van der Waals surface area contributed by atoms with Gasteiger partial charge in [0.25, 0.3) is 0 Å². The topological polar surface area (TPSA) is 6.48 Å². The van der Waals surface area contributed by atoms with E-state index in [0.717, 1.165) is 6.54 Å². The molecular weight excluding hydrogens is 208 g/mol. The predicted octanol–water partition coefficient (Wildman–Crippen LogP) is 3.77. The normalized spacial score (nSPS) is 10.4. The molecule has 0 aliphatic heterocycles. The van der Waals surface area contributed by atoms with Gasteiger partial charge in [-0.15, -0.1) is 0 Å². The molecule has 0 saturated heterocycles. The highest BCUT2D eigenvalue weighted by atomic mass is 15.1. The van der Waals surface area contributed by atoms with Crippen molar-refractivity contribution in [3.05, 3.63) is 24.3 Å². The minimum atomic E-state index is 1.15. The lowest BCUT2D eigenvalue weighted by Gasteiger charge is -2.20. The highest BCUT2D eigenvalue weighted by Gasteiger charge is 2.01. The van der Waals surface area contributed by atoms with Gasteiger partial charge in [0.05, 0.1) is 0 Å². The van der Waals surface area contributed by atoms with E-state index in [1.54, 1.807) is 0 Å². The van der Waals surface area contributed by atoms with Crippen LogP contribution in [-0.4, -0.2) is 27.7 Å². The van der Waals surface area contributed by atoms with Gasteiger partial charge in [0.2, 0.25) is 0 Å². The van der Waals surface area contributed by atoms with Gasteiger partial charge in [-0.3, -0.25) is 0 Å². The molecule has 0 unspecified atom stereocenters. The molecule has 0 fully saturated rings. The first kappa shape index (κ1) is 13.9. The van der Waals surface area contributed by atoms with Crippen LogP contribution in [0.5, 0.6) is 0 Å². The van der Waals surface area contributed by atoms with E-state index < -0.39 is 0 Å². The summed E-state index contributed by atoms with van der Waals surface area (Å²) in [6.45, 7) is 3.41. The zero-order valence-corrected chi connectivity index (χ0v) is 11.7. The Morgan fingerprint density at radius 2 is 1.41 bits per heavy atom. The first-order valence-corrected chi connectivity index (χ1v) is 6.63. The molecule has 1 aromatic rings. The lowest BCUT2D eigenvalue weighted by molar-refractivity contribution is 0.661. The van der Waals surface area contributed by atoms with E-state index in [4.69, 9.17) is 0 Å². The van der Waals surface area contributed by atoms with Gasteiger partial charge in [-0.2, -0.15) is 0 Å². The summed E-state index contributed by atoms with van der Waals surface area (Å²) in [4.78, 5) is 4.47. The van der Waals surface area contributed by atoms with Crippen LogP contribution in [0.15, 0.2) is 24.3 Å². The second-order valence-electron chi connectivity index (χ2n) is 4.89. The number of nitrogens with zero attached hydrogens (tertiary/aromatic N) is 2. The van der Waals surface area contributed by atoms with Crippen molar-refractivity contribution in [2.75, 3.05) is 37.5 Å². The average Bonchev–Trinajstić information content (AvgIpc) is 2.34. The SMILES string of the molecule is CCCCCCN(C)c1ccc(N(C)C)cc1. The minimum absolute atomic E-state index is 1.15. The largest absolute Gasteiger partial charge is 0.378 e. The summed E-state index contributed by atoms with van der Waals surface area (Å²) in [6.07, 6.45) is 5.30. The molecule has 0 amide bonds. The third-order valence-corrected chi connectivity index (χ3v) is 3.15. The van der Waals surface area contributed by atoms with Crippen molar-refractivity contribution in [1.82, 2.24) is 0 Å². The molecule has 0 heterocycles. The first-order chi connectivity index (χ1) is 8.15. The molecule has 2 nitrogen and oxygen atoms in total. The molecule has 0 bridgehead atoms. The standard InChI is InChI=1S/C15H26N2/c1-5-6-7-8-13-17(4)15-11-9-14(10-12-15)16(2)3/h9-12H,5-8,13H2,1-4H3. The zero-order valence-electron chi connectivity index (χ0n) is 11.7. The number of hydrogen-bond acceptors (Lipinski definition) is 2. The maximum atomic E-state index is 2.34. The second kappa shape index (κ2) is 7.21. The molecule has 0 atom stereocenters. The van der Waals surface area contributed by atoms with Crippen molar-refractivity contribution in [2.24, 2.45) is 0 Å². The van der Waals surface area contributed by atoms with Gasteiger partial charge >= 0.3 is 0 Å². The second-order valence-corrected chi connectivity index (χ2v) is 4.89. The number of benzene rings is 1. The van der Waals surface area contributed by atoms with Crippen LogP contribution in [-0.2, 0) is 0 Å². The molecule has 96 valence electrons. The maximum absolute atomic E-state index is 2.34. The highest BCUT2D eigenvalue weighted by Crippen LogP contribution is 2.18. The average molecular weight is 234 g/mol. The molecule has 17 heavy (non-hydrogen) atoms. The molecule has 0 aromatic heterocycles. The maximum Gasteiger partial charge on any atom is 0.0365 e. The van der Waals surface area contributed by atoms with E-state index >= 15 is 0 Å². The highest BCUT2D eigenvalue weighted by molar-refractivity contribution is 5.55. The van der Waals surface area contributed by atoms with Crippen molar-refractivity contribution < 1.29 is 0 Å². The van der Waals surface area contributed by atoms with E-state index in [9.17, 15) is 0 Å². The van der Waals surface area contributed by atoms with Crippen LogP contribution in [0.1, 0.15) is 32.6 Å². The minimum Gasteiger partial charge on any atom is -0.378 e. The molecule has 0 radical (unpaired) electrons. The fraction of sp³-hybridized carbons (Fsp3) is 0.600. The van der Waals surface area contributed by atoms with Crippen LogP contribution in [0.4, 0.5) is 11.4 Å². The third kappa shape index (κ3) is 4.68. The third-order valence-electron chi connectivity index (χ3n) is 3.15. The summed E-state index contributed by atoms with van der Waals surface area (Å²) in [6, 6.07) is 8.76. The number of hydrogen-bond donors (Lipinski definition) is 0. The van der Waals surface area contributed by atoms with Crippen LogP contribution in [0.3, 0.4) is 0 Å². The van der Waals surface area contributed by atoms with Gasteiger partial charge < -0.3 is 9.80 Å². The van der Waals surface area contributed by atoms with Gasteiger partial charge in [-0.1, -0.05) is 26.2 Å². The summed E-state index contributed by atoms with van der Waals surface area (Å²) < 4.78 is 0. The molecule has 0 aliphatic rings. The summed E-state index contributed by atoms with van der Waals surface area (Å²) in [7, 11) is 6.32. The van der Waals surface area contributed by atoms with Crippen LogP contribution >= 0.6 is 0 Å². The molecule has 0 aliphatic carbocycles. The Morgan fingerprint density at radius 1 is 0.824 bits per heavy atom. The summed E-state index contributed by atoms with van der Waals surface area (Å²) >= 11 is 0. The van der Waals surface area contributed by atoms with Crippen molar-refractivity contribution in [3.63, 3.8) is 0 Å². The fourth-order valence-corrected chi connectivity index (χ4v) is 1.91. The monoisotopic (exact) mass is 234 g/mol. The Morgan fingerprint density at radius 3 is 1.94 bits per heavy atom. The summed E-state index contributed by atoms with van der Waals surface area (Å²) in [5.74, 6) is 0. The lowest BCUT2D eigenvalue weighted by Crippen LogP contribution is -2.18. The smallest absolute Gasteiger partial charge is 0.0365 e. The van der Waals surface area contributed by atoms with Crippen LogP contribution in [0, 0.1) is 0 Å². The van der Waals surface area contributed by atoms with Crippen LogP contribution in [0.2, 0.25) is 0 Å². The Labute approximate surface area is 106 Å². The first-order valence-electron chi connectivity index (χ1n) is 6.63. The van der Waals surface area contributed by atoms with Gasteiger partial charge in [-0.25, -0.2) is 0 Å². The van der Waals surface area contributed by atoms with Crippen molar-refractivity contribution in [3.8, 4) is 0 Å². The Balaban J connectivity index is 2.43. The van der Waals surface area contributed by atoms with E-state index in [2.05, 4.69) is 62.1 Å². The molecule has 0 spiro atoms. The Hall–Kier alpha value is -1.18. The van der Waals surface area contributed by atoms with Crippen molar-refractivity contribution in [2.45, 2.75) is 32.6 Å². The summed E-state index contributed by atoms with van der Waals surface area (Å²) in [5.41, 5.74) is 2.57. The molecule has 0 N–H and O–H groups in total. The molecule has 0 saturated carbocycles. The Bertz CT molecular complexity index is 303. The van der Waals surface area contributed by atoms with Gasteiger partial charge in [0, 0.05) is 39.1 Å². The molecular formula is C15H26N2. The van der Waals surface area contributed by atoms with Crippen LogP contribution in [0.25, 0.3) is 0 Å². The lowest BCUT2D eigenvalue weighted by atomic mass is 10.2. The van der Waals surface area contributed by atoms with E-state index in [1.165, 1.54) is 37.1 Å². The molecule has 1 rings (SSSR count). The summed E-state index contributed by atoms with van der Waals surface area (Å²) in [5, 5.41) is 0. The van der Waals surface area contributed by atoms with Crippen molar-refractivity contribution >= 4 is 11.4 Å². The van der Waals surface area contributed by atoms with Gasteiger partial charge in [0.1, 0.15) is 0 Å². The number of unbranched alkanes of at least 4 members (excludes halogenated alkanes) is 3. The number of rotatable bonds is 7. The van der Waals surface area contributed by atoms with Crippen molar-refractivity contribution in [1.29, 1.82) is 0 Å². The van der Waals surface area contributed by atoms with E-state index in [-0.39, 0.29) is 0 Å². The van der Waals surface area contributed by atoms with E-state index in [0.29, 0.717) is 0 Å².